The Morgan fingerprint density at radius 2 is 0.681 bits per heavy atom. The third-order valence-corrected chi connectivity index (χ3v) is 14.0. The molecule has 13 aromatic rings. The molecule has 6 nitrogen and oxygen atoms in total. The molecule has 342 valence electrons. The molecule has 0 amide bonds. The number of aryl methyl sites for hydroxylation is 2. The van der Waals surface area contributed by atoms with E-state index in [1.807, 2.05) is 18.5 Å². The lowest BCUT2D eigenvalue weighted by molar-refractivity contribution is 1.13. The number of benzene rings is 10. The summed E-state index contributed by atoms with van der Waals surface area (Å²) in [5.41, 5.74) is 18.8. The smallest absolute Gasteiger partial charge is 0.159 e. The first-order chi connectivity index (χ1) is 35.6. The van der Waals surface area contributed by atoms with E-state index in [4.69, 9.17) is 0 Å². The maximum absolute atomic E-state index is 4.64. The first-order valence-corrected chi connectivity index (χ1v) is 24.5. The highest BCUT2D eigenvalue weighted by atomic mass is 15.1. The van der Waals surface area contributed by atoms with Crippen LogP contribution in [0.3, 0.4) is 0 Å². The molecule has 3 aromatic heterocycles. The Labute approximate surface area is 418 Å². The zero-order chi connectivity index (χ0) is 48.1. The van der Waals surface area contributed by atoms with E-state index >= 15 is 0 Å². The van der Waals surface area contributed by atoms with Crippen molar-refractivity contribution < 1.29 is 0 Å². The van der Waals surface area contributed by atoms with Gasteiger partial charge in [0.25, 0.3) is 0 Å². The minimum Gasteiger partial charge on any atom is -0.310 e. The molecule has 0 aliphatic rings. The van der Waals surface area contributed by atoms with Crippen molar-refractivity contribution in [3.05, 3.63) is 266 Å². The number of hydrogen-bond donors (Lipinski definition) is 0. The van der Waals surface area contributed by atoms with Gasteiger partial charge in [-0.05, 0) is 163 Å². The number of nitrogens with zero attached hydrogens (tertiary/aromatic N) is 6. The van der Waals surface area contributed by atoms with Crippen LogP contribution in [0.15, 0.2) is 255 Å². The van der Waals surface area contributed by atoms with E-state index in [0.29, 0.717) is 0 Å². The van der Waals surface area contributed by atoms with Crippen LogP contribution in [0, 0.1) is 13.8 Å². The fourth-order valence-corrected chi connectivity index (χ4v) is 10.8. The van der Waals surface area contributed by atoms with E-state index in [9.17, 15) is 0 Å². The average molecular weight is 925 g/mol. The minimum absolute atomic E-state index is 0.726. The lowest BCUT2D eigenvalue weighted by atomic mass is 9.94. The SMILES string of the molecule is Cc1cc(-c2ncccn2)c(C)cc1-c1cc(-n2c3ccccc3c3cc(N(c4ccccc4)c4ccccc4)ccc32)cc(-n2c3ccccc3c3cc(N(c4ccccc4)c4ccccc4)ccc32)c1. The lowest BCUT2D eigenvalue weighted by Crippen LogP contribution is -2.09. The Kier molecular flexibility index (Phi) is 10.5. The van der Waals surface area contributed by atoms with Crippen molar-refractivity contribution in [2.45, 2.75) is 13.8 Å². The van der Waals surface area contributed by atoms with Crippen LogP contribution >= 0.6 is 0 Å². The number of fused-ring (bicyclic) bond motifs is 6. The summed E-state index contributed by atoms with van der Waals surface area (Å²) >= 11 is 0. The second-order valence-corrected chi connectivity index (χ2v) is 18.4. The molecule has 0 saturated heterocycles. The summed E-state index contributed by atoms with van der Waals surface area (Å²) in [6.07, 6.45) is 3.62. The fraction of sp³-hybridized carbons (Fsp3) is 0.0303. The maximum Gasteiger partial charge on any atom is 0.159 e. The number of para-hydroxylation sites is 6. The van der Waals surface area contributed by atoms with Crippen molar-refractivity contribution in [3.63, 3.8) is 0 Å². The molecule has 0 spiro atoms. The summed E-state index contributed by atoms with van der Waals surface area (Å²) in [4.78, 5) is 14.0. The van der Waals surface area contributed by atoms with Crippen LogP contribution in [-0.4, -0.2) is 19.1 Å². The van der Waals surface area contributed by atoms with Gasteiger partial charge in [0.15, 0.2) is 5.82 Å². The largest absolute Gasteiger partial charge is 0.310 e. The van der Waals surface area contributed by atoms with E-state index in [0.717, 1.165) is 101 Å². The van der Waals surface area contributed by atoms with Gasteiger partial charge in [0.1, 0.15) is 0 Å². The lowest BCUT2D eigenvalue weighted by Gasteiger charge is -2.25. The van der Waals surface area contributed by atoms with Crippen LogP contribution in [0.2, 0.25) is 0 Å². The highest BCUT2D eigenvalue weighted by Gasteiger charge is 2.22. The van der Waals surface area contributed by atoms with E-state index < -0.39 is 0 Å². The molecule has 0 radical (unpaired) electrons. The predicted octanol–water partition coefficient (Wildman–Crippen LogP) is 17.6. The molecule has 3 heterocycles. The fourth-order valence-electron chi connectivity index (χ4n) is 10.8. The number of aromatic nitrogens is 4. The quantitative estimate of drug-likeness (QED) is 0.137. The number of hydrogen-bond acceptors (Lipinski definition) is 4. The van der Waals surface area contributed by atoms with Crippen molar-refractivity contribution in [1.82, 2.24) is 19.1 Å². The van der Waals surface area contributed by atoms with Gasteiger partial charge in [-0.15, -0.1) is 0 Å². The van der Waals surface area contributed by atoms with Gasteiger partial charge in [0.05, 0.1) is 22.1 Å². The van der Waals surface area contributed by atoms with Crippen LogP contribution in [0.1, 0.15) is 11.1 Å². The minimum atomic E-state index is 0.726. The molecule has 0 aliphatic carbocycles. The van der Waals surface area contributed by atoms with Crippen LogP contribution in [0.5, 0.6) is 0 Å². The molecule has 0 atom stereocenters. The first-order valence-electron chi connectivity index (χ1n) is 24.5. The van der Waals surface area contributed by atoms with Gasteiger partial charge >= 0.3 is 0 Å². The molecule has 10 aromatic carbocycles. The number of anilines is 6. The van der Waals surface area contributed by atoms with Gasteiger partial charge in [-0.25, -0.2) is 9.97 Å². The van der Waals surface area contributed by atoms with Crippen molar-refractivity contribution in [2.75, 3.05) is 9.80 Å². The summed E-state index contributed by atoms with van der Waals surface area (Å²) < 4.78 is 4.91. The Morgan fingerprint density at radius 1 is 0.306 bits per heavy atom. The van der Waals surface area contributed by atoms with Crippen molar-refractivity contribution >= 4 is 77.7 Å². The summed E-state index contributed by atoms with van der Waals surface area (Å²) in [5.74, 6) is 0.726. The Morgan fingerprint density at radius 3 is 1.12 bits per heavy atom. The summed E-state index contributed by atoms with van der Waals surface area (Å²) in [6, 6.07) is 87.5. The van der Waals surface area contributed by atoms with E-state index in [2.05, 4.69) is 279 Å². The van der Waals surface area contributed by atoms with Crippen molar-refractivity contribution in [1.29, 1.82) is 0 Å². The predicted molar refractivity (Wildman–Crippen MR) is 300 cm³/mol. The third kappa shape index (κ3) is 7.36. The molecular weight excluding hydrogens is 877 g/mol. The summed E-state index contributed by atoms with van der Waals surface area (Å²) in [7, 11) is 0. The average Bonchev–Trinajstić information content (AvgIpc) is 3.95. The van der Waals surface area contributed by atoms with E-state index in [1.165, 1.54) is 21.5 Å². The monoisotopic (exact) mass is 924 g/mol. The molecule has 13 rings (SSSR count). The van der Waals surface area contributed by atoms with Gasteiger partial charge in [0.2, 0.25) is 0 Å². The molecule has 0 saturated carbocycles. The molecule has 6 heteroatoms. The van der Waals surface area contributed by atoms with Crippen LogP contribution < -0.4 is 9.80 Å². The highest BCUT2D eigenvalue weighted by Crippen LogP contribution is 2.44. The Hall–Kier alpha value is -9.52. The van der Waals surface area contributed by atoms with Gasteiger partial charge in [-0.3, -0.25) is 0 Å². The van der Waals surface area contributed by atoms with Gasteiger partial charge in [0, 0.05) is 85.0 Å². The molecule has 0 unspecified atom stereocenters. The van der Waals surface area contributed by atoms with E-state index in [1.54, 1.807) is 0 Å². The van der Waals surface area contributed by atoms with Crippen LogP contribution in [0.4, 0.5) is 34.1 Å². The Balaban J connectivity index is 1.05. The number of rotatable bonds is 10. The maximum atomic E-state index is 4.64. The Bertz CT molecular complexity index is 3810. The molecule has 0 bridgehead atoms. The standard InChI is InChI=1S/C66H48N6/c1-45-39-59(66-67-36-19-37-68-66)46(2)38-58(45)47-40-54(71-62-30-17-15-28-56(62)60-43-52(32-34-64(60)71)69(48-20-7-3-8-21-48)49-22-9-4-10-23-49)42-55(41-47)72-63-31-18-16-29-57(63)61-44-53(33-35-65(61)72)70(50-24-11-5-12-25-50)51-26-13-6-14-27-51/h3-44H,1-2H3. The second kappa shape index (κ2) is 17.8. The highest BCUT2D eigenvalue weighted by molar-refractivity contribution is 6.12. The third-order valence-electron chi connectivity index (χ3n) is 14.0. The van der Waals surface area contributed by atoms with Crippen LogP contribution in [0.25, 0.3) is 77.5 Å². The molecule has 0 N–H and O–H groups in total. The van der Waals surface area contributed by atoms with Gasteiger partial charge in [-0.2, -0.15) is 0 Å². The van der Waals surface area contributed by atoms with E-state index in [-0.39, 0.29) is 0 Å². The normalized spacial score (nSPS) is 11.5. The van der Waals surface area contributed by atoms with Gasteiger partial charge in [-0.1, -0.05) is 115 Å². The van der Waals surface area contributed by atoms with Gasteiger partial charge < -0.3 is 18.9 Å². The summed E-state index contributed by atoms with van der Waals surface area (Å²) in [5, 5.41) is 4.73. The van der Waals surface area contributed by atoms with Crippen molar-refractivity contribution in [3.8, 4) is 33.9 Å². The zero-order valence-electron chi connectivity index (χ0n) is 39.9. The van der Waals surface area contributed by atoms with Crippen molar-refractivity contribution in [2.24, 2.45) is 0 Å². The molecular formula is C66H48N6. The van der Waals surface area contributed by atoms with Crippen LogP contribution in [-0.2, 0) is 0 Å². The topological polar surface area (TPSA) is 42.1 Å². The molecule has 0 aliphatic heterocycles. The zero-order valence-corrected chi connectivity index (χ0v) is 39.9. The molecule has 72 heavy (non-hydrogen) atoms. The second-order valence-electron chi connectivity index (χ2n) is 18.4. The first kappa shape index (κ1) is 42.6. The summed E-state index contributed by atoms with van der Waals surface area (Å²) in [6.45, 7) is 4.37. The molecule has 0 fully saturated rings.